The van der Waals surface area contributed by atoms with Gasteiger partial charge >= 0.3 is 17.4 Å². The van der Waals surface area contributed by atoms with E-state index in [2.05, 4.69) is 66.5 Å². The Bertz CT molecular complexity index is 856. The predicted molar refractivity (Wildman–Crippen MR) is 86.2 cm³/mol. The maximum atomic E-state index is 4.63. The number of para-hydroxylation sites is 1. The summed E-state index contributed by atoms with van der Waals surface area (Å²) in [6.45, 7) is 2.21. The van der Waals surface area contributed by atoms with E-state index in [1.807, 2.05) is 12.3 Å². The van der Waals surface area contributed by atoms with Gasteiger partial charge in [-0.3, -0.25) is 4.98 Å². The number of aromatic nitrogens is 1. The molecule has 4 rings (SSSR count). The molecular weight excluding hydrogens is 377 g/mol. The van der Waals surface area contributed by atoms with Crippen molar-refractivity contribution in [2.45, 2.75) is 19.3 Å². The minimum absolute atomic E-state index is 0. The van der Waals surface area contributed by atoms with E-state index in [0.29, 0.717) is 5.92 Å². The number of rotatable bonds is 2. The van der Waals surface area contributed by atoms with Gasteiger partial charge < -0.3 is 24.8 Å². The van der Waals surface area contributed by atoms with Gasteiger partial charge in [0.05, 0.1) is 5.52 Å². The van der Waals surface area contributed by atoms with E-state index in [0.717, 1.165) is 11.9 Å². The summed E-state index contributed by atoms with van der Waals surface area (Å²) in [4.78, 5) is 4.63. The average molecular weight is 393 g/mol. The van der Waals surface area contributed by atoms with Crippen LogP contribution in [0.3, 0.4) is 0 Å². The normalized spacial score (nSPS) is 14.7. The first-order valence-electron chi connectivity index (χ1n) is 7.44. The zero-order chi connectivity index (χ0) is 14.2. The molecule has 24 heavy (non-hydrogen) atoms. The molecule has 0 aliphatic heterocycles. The van der Waals surface area contributed by atoms with Gasteiger partial charge in [0.15, 0.2) is 0 Å². The third-order valence-electron chi connectivity index (χ3n) is 4.27. The summed E-state index contributed by atoms with van der Waals surface area (Å²) in [6.07, 6.45) is 6.48. The summed E-state index contributed by atoms with van der Waals surface area (Å²) in [5.41, 5.74) is 6.34. The van der Waals surface area contributed by atoms with E-state index in [9.17, 15) is 0 Å². The SMILES string of the molecule is CCC1=[C-]c2ccccc2C1c1cccc2cccnc12.[Cl-].[Cl-].[Cr+3]. The fourth-order valence-electron chi connectivity index (χ4n) is 3.30. The van der Waals surface area contributed by atoms with E-state index in [-0.39, 0.29) is 42.2 Å². The van der Waals surface area contributed by atoms with Crippen LogP contribution >= 0.6 is 0 Å². The summed E-state index contributed by atoms with van der Waals surface area (Å²) < 4.78 is 0. The van der Waals surface area contributed by atoms with Crippen molar-refractivity contribution < 1.29 is 42.2 Å². The molecule has 0 saturated heterocycles. The Hall–Kier alpha value is -1.30. The first kappa shape index (κ1) is 20.7. The number of pyridine rings is 1. The maximum Gasteiger partial charge on any atom is 3.00 e. The van der Waals surface area contributed by atoms with Crippen LogP contribution in [0, 0.1) is 6.08 Å². The quantitative estimate of drug-likeness (QED) is 0.503. The van der Waals surface area contributed by atoms with E-state index in [1.165, 1.54) is 27.6 Å². The van der Waals surface area contributed by atoms with Crippen molar-refractivity contribution in [2.75, 3.05) is 0 Å². The van der Waals surface area contributed by atoms with Crippen LogP contribution in [0.4, 0.5) is 0 Å². The third-order valence-corrected chi connectivity index (χ3v) is 4.27. The maximum absolute atomic E-state index is 4.63. The minimum Gasteiger partial charge on any atom is -1.00 e. The van der Waals surface area contributed by atoms with Crippen LogP contribution in [0.5, 0.6) is 0 Å². The van der Waals surface area contributed by atoms with Crippen molar-refractivity contribution >= 4 is 10.9 Å². The molecule has 4 heteroatoms. The molecule has 1 atom stereocenters. The summed E-state index contributed by atoms with van der Waals surface area (Å²) in [5, 5.41) is 1.20. The minimum atomic E-state index is 0. The first-order chi connectivity index (χ1) is 10.4. The third kappa shape index (κ3) is 3.39. The Labute approximate surface area is 166 Å². The second-order valence-electron chi connectivity index (χ2n) is 5.45. The van der Waals surface area contributed by atoms with E-state index < -0.39 is 0 Å². The standard InChI is InChI=1S/C20H16N.2ClH.Cr/c1-2-14-13-16-7-3-4-10-17(16)19(14)18-11-5-8-15-9-6-12-21-20(15)18;;;/h3-12,19H,2H2,1H3;2*1H;/q-1;;;+3/p-2. The molecule has 121 valence electrons. The van der Waals surface area contributed by atoms with Crippen molar-refractivity contribution in [3.8, 4) is 0 Å². The molecule has 0 bridgehead atoms. The number of benzene rings is 2. The van der Waals surface area contributed by atoms with Gasteiger partial charge in [0.2, 0.25) is 0 Å². The van der Waals surface area contributed by atoms with Crippen molar-refractivity contribution in [3.05, 3.63) is 89.1 Å². The molecule has 2 aromatic carbocycles. The fraction of sp³-hybridized carbons (Fsp3) is 0.150. The Balaban J connectivity index is 0.000000960. The van der Waals surface area contributed by atoms with Crippen LogP contribution in [-0.4, -0.2) is 4.98 Å². The molecule has 1 nitrogen and oxygen atoms in total. The van der Waals surface area contributed by atoms with Gasteiger partial charge in [-0.2, -0.15) is 17.7 Å². The molecule has 0 fully saturated rings. The van der Waals surface area contributed by atoms with Crippen molar-refractivity contribution in [1.82, 2.24) is 4.98 Å². The van der Waals surface area contributed by atoms with E-state index >= 15 is 0 Å². The van der Waals surface area contributed by atoms with Gasteiger partial charge in [0.25, 0.3) is 0 Å². The van der Waals surface area contributed by atoms with Crippen LogP contribution in [0.2, 0.25) is 0 Å². The van der Waals surface area contributed by atoms with E-state index in [4.69, 9.17) is 0 Å². The number of fused-ring (bicyclic) bond motifs is 2. The molecule has 1 heterocycles. The molecule has 0 spiro atoms. The van der Waals surface area contributed by atoms with Gasteiger partial charge in [0, 0.05) is 11.6 Å². The van der Waals surface area contributed by atoms with Gasteiger partial charge in [-0.25, -0.2) is 0 Å². The molecule has 0 N–H and O–H groups in total. The molecule has 0 saturated carbocycles. The van der Waals surface area contributed by atoms with Crippen LogP contribution in [0.25, 0.3) is 10.9 Å². The summed E-state index contributed by atoms with van der Waals surface area (Å²) in [7, 11) is 0. The topological polar surface area (TPSA) is 12.9 Å². The van der Waals surface area contributed by atoms with Gasteiger partial charge in [-0.05, 0) is 24.0 Å². The summed E-state index contributed by atoms with van der Waals surface area (Å²) in [6, 6.07) is 19.2. The number of hydrogen-bond acceptors (Lipinski definition) is 1. The van der Waals surface area contributed by atoms with E-state index in [1.54, 1.807) is 0 Å². The van der Waals surface area contributed by atoms with Crippen molar-refractivity contribution in [3.63, 3.8) is 0 Å². The summed E-state index contributed by atoms with van der Waals surface area (Å²) >= 11 is 0. The smallest absolute Gasteiger partial charge is 1.00 e. The molecule has 1 aromatic heterocycles. The van der Waals surface area contributed by atoms with Crippen LogP contribution in [0.1, 0.15) is 36.0 Å². The molecule has 3 aromatic rings. The number of allylic oxidation sites excluding steroid dienone is 1. The Morgan fingerprint density at radius 1 is 0.917 bits per heavy atom. The average Bonchev–Trinajstić information content (AvgIpc) is 2.92. The Morgan fingerprint density at radius 3 is 2.42 bits per heavy atom. The first-order valence-corrected chi connectivity index (χ1v) is 7.44. The van der Waals surface area contributed by atoms with Crippen molar-refractivity contribution in [1.29, 1.82) is 0 Å². The second-order valence-corrected chi connectivity index (χ2v) is 5.45. The number of halogens is 2. The zero-order valence-electron chi connectivity index (χ0n) is 13.2. The van der Waals surface area contributed by atoms with Crippen LogP contribution in [-0.2, 0) is 17.4 Å². The molecule has 1 aliphatic carbocycles. The molecule has 1 radical (unpaired) electrons. The molecule has 0 amide bonds. The summed E-state index contributed by atoms with van der Waals surface area (Å²) in [5.74, 6) is 0.296. The van der Waals surface area contributed by atoms with Crippen molar-refractivity contribution in [2.24, 2.45) is 0 Å². The van der Waals surface area contributed by atoms with Crippen LogP contribution in [0.15, 0.2) is 66.4 Å². The van der Waals surface area contributed by atoms with Crippen LogP contribution < -0.4 is 24.8 Å². The molecule has 1 unspecified atom stereocenters. The molecular formula is C20H16Cl2CrN. The number of nitrogens with zero attached hydrogens (tertiary/aromatic N) is 1. The van der Waals surface area contributed by atoms with Gasteiger partial charge in [-0.1, -0.05) is 37.3 Å². The number of hydrogen-bond donors (Lipinski definition) is 0. The van der Waals surface area contributed by atoms with Gasteiger partial charge in [-0.15, -0.1) is 23.3 Å². The monoisotopic (exact) mass is 392 g/mol. The predicted octanol–water partition coefficient (Wildman–Crippen LogP) is -1.13. The largest absolute Gasteiger partial charge is 3.00 e. The second kappa shape index (κ2) is 8.70. The fourth-order valence-corrected chi connectivity index (χ4v) is 3.30. The zero-order valence-corrected chi connectivity index (χ0v) is 16.0. The van der Waals surface area contributed by atoms with Gasteiger partial charge in [0.1, 0.15) is 0 Å². The Kier molecular flexibility index (Phi) is 7.52. The Morgan fingerprint density at radius 2 is 1.62 bits per heavy atom. The molecule has 1 aliphatic rings.